The van der Waals surface area contributed by atoms with E-state index in [9.17, 15) is 4.39 Å². The first-order valence-electron chi connectivity index (χ1n) is 13.8. The number of aromatic nitrogens is 1. The van der Waals surface area contributed by atoms with E-state index in [1.54, 1.807) is 6.07 Å². The molecule has 0 atom stereocenters. The molecule has 4 rings (SSSR count). The molecule has 2 aromatic heterocycles. The molecule has 0 amide bonds. The Morgan fingerprint density at radius 2 is 1.59 bits per heavy atom. The number of nitrogens with zero attached hydrogens (tertiary/aromatic N) is 3. The maximum absolute atomic E-state index is 14.0. The predicted octanol–water partition coefficient (Wildman–Crippen LogP) is 6.95. The fourth-order valence-corrected chi connectivity index (χ4v) is 4.74. The van der Waals surface area contributed by atoms with Crippen molar-refractivity contribution < 1.29 is 8.81 Å². The molecule has 0 saturated carbocycles. The standard InChI is InChI=1S/C30H42FN5O/c1-5-7-16-36(17-8-6-2)18-9-14-32-23-11-12-26-24(21-23)28(33-15-19-35(3)4)30-29(34-26)25-20-22(31)10-13-27(25)37-30/h10-13,20-21,32H,5-9,14-19H2,1-4H3,(H,33,34). The van der Waals surface area contributed by atoms with Crippen LogP contribution in [0.1, 0.15) is 46.0 Å². The van der Waals surface area contributed by atoms with Gasteiger partial charge in [-0.15, -0.1) is 0 Å². The van der Waals surface area contributed by atoms with Crippen LogP contribution in [0.3, 0.4) is 0 Å². The molecule has 2 aromatic carbocycles. The number of nitrogens with one attached hydrogen (secondary N) is 2. The molecule has 6 nitrogen and oxygen atoms in total. The number of halogens is 1. The molecule has 7 heteroatoms. The number of pyridine rings is 1. The summed E-state index contributed by atoms with van der Waals surface area (Å²) in [5.41, 5.74) is 4.85. The summed E-state index contributed by atoms with van der Waals surface area (Å²) in [6, 6.07) is 10.9. The van der Waals surface area contributed by atoms with Gasteiger partial charge in [0.2, 0.25) is 0 Å². The third kappa shape index (κ3) is 6.90. The molecule has 2 N–H and O–H groups in total. The largest absolute Gasteiger partial charge is 0.452 e. The van der Waals surface area contributed by atoms with Gasteiger partial charge in [-0.1, -0.05) is 26.7 Å². The molecule has 0 bridgehead atoms. The Morgan fingerprint density at radius 3 is 2.32 bits per heavy atom. The zero-order valence-electron chi connectivity index (χ0n) is 22.9. The van der Waals surface area contributed by atoms with Gasteiger partial charge >= 0.3 is 0 Å². The molecule has 0 unspecified atom stereocenters. The van der Waals surface area contributed by atoms with Crippen molar-refractivity contribution in [1.82, 2.24) is 14.8 Å². The number of furan rings is 1. The monoisotopic (exact) mass is 507 g/mol. The predicted molar refractivity (Wildman–Crippen MR) is 155 cm³/mol. The molecule has 0 aliphatic carbocycles. The highest BCUT2D eigenvalue weighted by Gasteiger charge is 2.17. The molecular formula is C30H42FN5O. The van der Waals surface area contributed by atoms with E-state index in [-0.39, 0.29) is 5.82 Å². The van der Waals surface area contributed by atoms with Crippen molar-refractivity contribution in [3.63, 3.8) is 0 Å². The second-order valence-electron chi connectivity index (χ2n) is 10.2. The summed E-state index contributed by atoms with van der Waals surface area (Å²) in [5, 5.41) is 8.90. The highest BCUT2D eigenvalue weighted by atomic mass is 19.1. The number of hydrogen-bond acceptors (Lipinski definition) is 6. The zero-order chi connectivity index (χ0) is 26.2. The van der Waals surface area contributed by atoms with Gasteiger partial charge < -0.3 is 24.9 Å². The molecular weight excluding hydrogens is 465 g/mol. The van der Waals surface area contributed by atoms with Crippen LogP contribution in [0.4, 0.5) is 15.8 Å². The van der Waals surface area contributed by atoms with Crippen molar-refractivity contribution >= 4 is 44.3 Å². The first-order valence-corrected chi connectivity index (χ1v) is 13.8. The van der Waals surface area contributed by atoms with Crippen LogP contribution in [0, 0.1) is 5.82 Å². The smallest absolute Gasteiger partial charge is 0.177 e. The van der Waals surface area contributed by atoms with Crippen molar-refractivity contribution in [2.45, 2.75) is 46.0 Å². The van der Waals surface area contributed by atoms with Gasteiger partial charge in [-0.05, 0) is 89.4 Å². The van der Waals surface area contributed by atoms with Crippen LogP contribution in [-0.2, 0) is 0 Å². The number of benzene rings is 2. The van der Waals surface area contributed by atoms with E-state index in [0.29, 0.717) is 22.1 Å². The van der Waals surface area contributed by atoms with Gasteiger partial charge in [0.15, 0.2) is 5.58 Å². The van der Waals surface area contributed by atoms with E-state index in [0.717, 1.165) is 54.9 Å². The van der Waals surface area contributed by atoms with Gasteiger partial charge in [-0.3, -0.25) is 0 Å². The first kappa shape index (κ1) is 27.1. The van der Waals surface area contributed by atoms with Crippen molar-refractivity contribution in [2.75, 3.05) is 64.0 Å². The van der Waals surface area contributed by atoms with Crippen molar-refractivity contribution in [2.24, 2.45) is 0 Å². The van der Waals surface area contributed by atoms with Crippen LogP contribution in [0.15, 0.2) is 40.8 Å². The molecule has 0 aliphatic heterocycles. The fraction of sp³-hybridized carbons (Fsp3) is 0.500. The minimum absolute atomic E-state index is 0.290. The molecule has 4 aromatic rings. The quantitative estimate of drug-likeness (QED) is 0.170. The Balaban J connectivity index is 1.56. The lowest BCUT2D eigenvalue weighted by Gasteiger charge is -2.22. The van der Waals surface area contributed by atoms with Gasteiger partial charge in [0.25, 0.3) is 0 Å². The molecule has 200 valence electrons. The summed E-state index contributed by atoms with van der Waals surface area (Å²) in [6.45, 7) is 10.6. The number of hydrogen-bond donors (Lipinski definition) is 2. The topological polar surface area (TPSA) is 56.6 Å². The number of unbranched alkanes of at least 4 members (excludes halogenated alkanes) is 2. The zero-order valence-corrected chi connectivity index (χ0v) is 22.9. The van der Waals surface area contributed by atoms with Crippen LogP contribution in [0.25, 0.3) is 33.0 Å². The molecule has 37 heavy (non-hydrogen) atoms. The normalized spacial score (nSPS) is 12.0. The van der Waals surface area contributed by atoms with Gasteiger partial charge in [-0.25, -0.2) is 9.37 Å². The number of rotatable bonds is 15. The first-order chi connectivity index (χ1) is 18.0. The molecule has 0 radical (unpaired) electrons. The number of fused-ring (bicyclic) bond motifs is 4. The fourth-order valence-electron chi connectivity index (χ4n) is 4.74. The second-order valence-corrected chi connectivity index (χ2v) is 10.2. The summed E-state index contributed by atoms with van der Waals surface area (Å²) in [7, 11) is 4.11. The minimum atomic E-state index is -0.290. The third-order valence-corrected chi connectivity index (χ3v) is 6.85. The lowest BCUT2D eigenvalue weighted by Crippen LogP contribution is -2.28. The maximum Gasteiger partial charge on any atom is 0.177 e. The molecule has 2 heterocycles. The second kappa shape index (κ2) is 13.1. The van der Waals surface area contributed by atoms with Gasteiger partial charge in [0, 0.05) is 36.1 Å². The van der Waals surface area contributed by atoms with Gasteiger partial charge in [0.05, 0.1) is 11.2 Å². The Hall–Kier alpha value is -2.90. The number of anilines is 2. The average Bonchev–Trinajstić information content (AvgIpc) is 3.24. The van der Waals surface area contributed by atoms with Crippen molar-refractivity contribution in [3.05, 3.63) is 42.2 Å². The third-order valence-electron chi connectivity index (χ3n) is 6.85. The van der Waals surface area contributed by atoms with Crippen molar-refractivity contribution in [1.29, 1.82) is 0 Å². The molecule has 0 fully saturated rings. The van der Waals surface area contributed by atoms with Crippen LogP contribution in [0.2, 0.25) is 0 Å². The Labute approximate surface area is 220 Å². The Kier molecular flexibility index (Phi) is 9.58. The van der Waals surface area contributed by atoms with E-state index in [1.165, 1.54) is 50.9 Å². The Bertz CT molecular complexity index is 1290. The molecule has 0 saturated heterocycles. The van der Waals surface area contributed by atoms with E-state index in [2.05, 4.69) is 60.5 Å². The van der Waals surface area contributed by atoms with E-state index < -0.39 is 0 Å². The Morgan fingerprint density at radius 1 is 0.838 bits per heavy atom. The highest BCUT2D eigenvalue weighted by molar-refractivity contribution is 6.14. The SMILES string of the molecule is CCCCN(CCCC)CCCNc1ccc2nc3c(oc4ccc(F)cc43)c(NCCN(C)C)c2c1. The summed E-state index contributed by atoms with van der Waals surface area (Å²) in [4.78, 5) is 9.63. The van der Waals surface area contributed by atoms with Crippen molar-refractivity contribution in [3.8, 4) is 0 Å². The van der Waals surface area contributed by atoms with Crippen LogP contribution < -0.4 is 10.6 Å². The van der Waals surface area contributed by atoms with Crippen LogP contribution in [0.5, 0.6) is 0 Å². The van der Waals surface area contributed by atoms with Crippen LogP contribution in [-0.4, -0.2) is 68.1 Å². The highest BCUT2D eigenvalue weighted by Crippen LogP contribution is 2.38. The molecule has 0 aliphatic rings. The maximum atomic E-state index is 14.0. The summed E-state index contributed by atoms with van der Waals surface area (Å²) < 4.78 is 20.2. The summed E-state index contributed by atoms with van der Waals surface area (Å²) in [6.07, 6.45) is 6.11. The summed E-state index contributed by atoms with van der Waals surface area (Å²) in [5.74, 6) is -0.290. The minimum Gasteiger partial charge on any atom is -0.452 e. The van der Waals surface area contributed by atoms with E-state index >= 15 is 0 Å². The van der Waals surface area contributed by atoms with Gasteiger partial charge in [-0.2, -0.15) is 0 Å². The van der Waals surface area contributed by atoms with Gasteiger partial charge in [0.1, 0.15) is 16.9 Å². The van der Waals surface area contributed by atoms with E-state index in [1.807, 2.05) is 6.07 Å². The summed E-state index contributed by atoms with van der Waals surface area (Å²) >= 11 is 0. The number of likely N-dealkylation sites (N-methyl/N-ethyl adjacent to an activating group) is 1. The lowest BCUT2D eigenvalue weighted by molar-refractivity contribution is 0.264. The molecule has 0 spiro atoms. The lowest BCUT2D eigenvalue weighted by atomic mass is 10.1. The van der Waals surface area contributed by atoms with E-state index in [4.69, 9.17) is 9.40 Å². The van der Waals surface area contributed by atoms with Crippen LogP contribution >= 0.6 is 0 Å². The average molecular weight is 508 g/mol.